The summed E-state index contributed by atoms with van der Waals surface area (Å²) in [4.78, 5) is 26.8. The van der Waals surface area contributed by atoms with E-state index in [1.54, 1.807) is 0 Å². The van der Waals surface area contributed by atoms with Crippen molar-refractivity contribution in [3.63, 3.8) is 0 Å². The largest absolute Gasteiger partial charge is 0.510 e. The first kappa shape index (κ1) is 30.8. The smallest absolute Gasteiger partial charge is 0.174 e. The molecule has 4 heteroatoms. The van der Waals surface area contributed by atoms with Crippen LogP contribution in [0, 0.1) is 5.41 Å². The quantitative estimate of drug-likeness (QED) is 0.257. The van der Waals surface area contributed by atoms with Crippen molar-refractivity contribution in [2.75, 3.05) is 0 Å². The van der Waals surface area contributed by atoms with Crippen LogP contribution < -0.4 is 0 Å². The number of rotatable bonds is 13. The number of allylic oxidation sites excluding steroid dienone is 11. The first-order valence-corrected chi connectivity index (χ1v) is 13.5. The van der Waals surface area contributed by atoms with Gasteiger partial charge in [-0.05, 0) is 85.6 Å². The summed E-state index contributed by atoms with van der Waals surface area (Å²) in [5.41, 5.74) is 4.04. The fraction of sp³-hybridized carbons (Fsp3) is 0.412. The van der Waals surface area contributed by atoms with Crippen LogP contribution in [0.3, 0.4) is 0 Å². The molecule has 0 fully saturated rings. The molecule has 0 spiro atoms. The van der Waals surface area contributed by atoms with Crippen molar-refractivity contribution in [2.24, 2.45) is 5.41 Å². The number of aliphatic hydroxyl groups is 2. The van der Waals surface area contributed by atoms with E-state index in [9.17, 15) is 19.8 Å². The van der Waals surface area contributed by atoms with Crippen molar-refractivity contribution in [2.45, 2.75) is 86.5 Å². The van der Waals surface area contributed by atoms with Crippen LogP contribution in [0.15, 0.2) is 100 Å². The average molecular weight is 517 g/mol. The minimum absolute atomic E-state index is 0.0253. The van der Waals surface area contributed by atoms with Gasteiger partial charge in [0.1, 0.15) is 11.5 Å². The summed E-state index contributed by atoms with van der Waals surface area (Å²) in [5, 5.41) is 22.2. The Morgan fingerprint density at radius 1 is 0.789 bits per heavy atom. The maximum Gasteiger partial charge on any atom is 0.174 e. The van der Waals surface area contributed by atoms with E-state index < -0.39 is 17.0 Å². The molecule has 38 heavy (non-hydrogen) atoms. The van der Waals surface area contributed by atoms with Gasteiger partial charge in [-0.25, -0.2) is 0 Å². The number of Topliss-reactive ketones (excluding diaryl/α,β-unsaturated/α-hetero) is 1. The summed E-state index contributed by atoms with van der Waals surface area (Å²) < 4.78 is 0. The summed E-state index contributed by atoms with van der Waals surface area (Å²) >= 11 is 0. The fourth-order valence-electron chi connectivity index (χ4n) is 4.51. The Kier molecular flexibility index (Phi) is 11.8. The molecule has 0 atom stereocenters. The number of benzene rings is 1. The second kappa shape index (κ2) is 14.5. The zero-order valence-electron chi connectivity index (χ0n) is 23.9. The Bertz CT molecular complexity index is 1140. The van der Waals surface area contributed by atoms with Gasteiger partial charge in [-0.3, -0.25) is 9.59 Å². The van der Waals surface area contributed by atoms with Gasteiger partial charge < -0.3 is 10.2 Å². The molecule has 2 N–H and O–H groups in total. The van der Waals surface area contributed by atoms with Gasteiger partial charge in [0.15, 0.2) is 11.6 Å². The zero-order chi connectivity index (χ0) is 28.3. The van der Waals surface area contributed by atoms with E-state index >= 15 is 0 Å². The Morgan fingerprint density at radius 2 is 1.29 bits per heavy atom. The molecule has 0 saturated carbocycles. The predicted octanol–water partition coefficient (Wildman–Crippen LogP) is 8.79. The molecule has 2 rings (SSSR count). The lowest BCUT2D eigenvalue weighted by atomic mass is 9.69. The van der Waals surface area contributed by atoms with Crippen molar-refractivity contribution in [3.8, 4) is 0 Å². The van der Waals surface area contributed by atoms with Gasteiger partial charge in [-0.15, -0.1) is 0 Å². The molecule has 1 aromatic rings. The lowest BCUT2D eigenvalue weighted by Gasteiger charge is -2.33. The third kappa shape index (κ3) is 8.86. The Labute approximate surface area is 228 Å². The third-order valence-electron chi connectivity index (χ3n) is 6.95. The van der Waals surface area contributed by atoms with Crippen LogP contribution in [0.4, 0.5) is 0 Å². The van der Waals surface area contributed by atoms with Gasteiger partial charge in [-0.2, -0.15) is 0 Å². The standard InChI is InChI=1S/C34H44O4/c1-24(2)12-10-14-26(5)18-20-34(21-19-27(6)15-11-13-25(3)4)31(37)23-30(36)32(33(34)38)29(35)22-28-16-8-7-9-17-28/h7-9,12-13,16-19,23,36,38H,10-11,14-15,20-22H2,1-6H3/b26-18+,27-19+. The Morgan fingerprint density at radius 3 is 1.76 bits per heavy atom. The Hall–Kier alpha value is -3.40. The fourth-order valence-corrected chi connectivity index (χ4v) is 4.51. The van der Waals surface area contributed by atoms with Crippen molar-refractivity contribution in [1.29, 1.82) is 0 Å². The third-order valence-corrected chi connectivity index (χ3v) is 6.95. The van der Waals surface area contributed by atoms with Crippen LogP contribution in [0.25, 0.3) is 0 Å². The van der Waals surface area contributed by atoms with E-state index in [2.05, 4.69) is 39.8 Å². The number of hydrogen-bond donors (Lipinski definition) is 2. The van der Waals surface area contributed by atoms with Crippen molar-refractivity contribution in [1.82, 2.24) is 0 Å². The summed E-state index contributed by atoms with van der Waals surface area (Å²) in [7, 11) is 0. The van der Waals surface area contributed by atoms with E-state index in [4.69, 9.17) is 0 Å². The topological polar surface area (TPSA) is 74.6 Å². The van der Waals surface area contributed by atoms with Gasteiger partial charge in [-0.1, -0.05) is 76.9 Å². The highest BCUT2D eigenvalue weighted by Crippen LogP contribution is 2.43. The molecule has 1 aliphatic carbocycles. The van der Waals surface area contributed by atoms with Crippen LogP contribution >= 0.6 is 0 Å². The molecule has 0 unspecified atom stereocenters. The highest BCUT2D eigenvalue weighted by molar-refractivity contribution is 6.08. The monoisotopic (exact) mass is 516 g/mol. The molecule has 0 radical (unpaired) electrons. The van der Waals surface area contributed by atoms with E-state index in [0.717, 1.165) is 48.5 Å². The van der Waals surface area contributed by atoms with Gasteiger partial charge in [0.05, 0.1) is 11.0 Å². The first-order chi connectivity index (χ1) is 18.0. The number of hydrogen-bond acceptors (Lipinski definition) is 4. The lowest BCUT2D eigenvalue weighted by molar-refractivity contribution is -0.124. The maximum absolute atomic E-state index is 13.5. The van der Waals surface area contributed by atoms with Crippen LogP contribution in [0.1, 0.15) is 85.6 Å². The molecular weight excluding hydrogens is 472 g/mol. The predicted molar refractivity (Wildman–Crippen MR) is 157 cm³/mol. The van der Waals surface area contributed by atoms with E-state index in [1.165, 1.54) is 11.1 Å². The number of carbonyl (C=O) groups is 2. The molecule has 0 amide bonds. The van der Waals surface area contributed by atoms with Crippen LogP contribution in [0.2, 0.25) is 0 Å². The molecule has 1 aliphatic rings. The molecule has 0 bridgehead atoms. The van der Waals surface area contributed by atoms with Crippen molar-refractivity contribution >= 4 is 11.6 Å². The number of carbonyl (C=O) groups excluding carboxylic acids is 2. The molecular formula is C34H44O4. The first-order valence-electron chi connectivity index (χ1n) is 13.5. The lowest BCUT2D eigenvalue weighted by Crippen LogP contribution is -2.37. The maximum atomic E-state index is 13.5. The van der Waals surface area contributed by atoms with Gasteiger partial charge in [0, 0.05) is 12.5 Å². The Balaban J connectivity index is 2.47. The highest BCUT2D eigenvalue weighted by atomic mass is 16.3. The van der Waals surface area contributed by atoms with E-state index in [-0.39, 0.29) is 36.4 Å². The molecule has 0 aliphatic heterocycles. The van der Waals surface area contributed by atoms with Crippen molar-refractivity contribution in [3.05, 3.63) is 106 Å². The molecule has 1 aromatic carbocycles. The molecule has 0 saturated heterocycles. The summed E-state index contributed by atoms with van der Waals surface area (Å²) in [6, 6.07) is 9.20. The van der Waals surface area contributed by atoms with E-state index in [1.807, 2.05) is 56.3 Å². The molecule has 204 valence electrons. The highest BCUT2D eigenvalue weighted by Gasteiger charge is 2.46. The van der Waals surface area contributed by atoms with E-state index in [0.29, 0.717) is 0 Å². The summed E-state index contributed by atoms with van der Waals surface area (Å²) in [6.45, 7) is 12.3. The number of ketones is 2. The van der Waals surface area contributed by atoms with Gasteiger partial charge >= 0.3 is 0 Å². The SMILES string of the molecule is CC(C)=CCC/C(C)=C/CC1(C/C=C(\C)CCC=C(C)C)C(=O)C=C(O)C(C(=O)Cc2ccccc2)=C1O. The summed E-state index contributed by atoms with van der Waals surface area (Å²) in [6.07, 6.45) is 13.5. The average Bonchev–Trinajstić information content (AvgIpc) is 2.83. The normalized spacial score (nSPS) is 18.3. The van der Waals surface area contributed by atoms with Gasteiger partial charge in [0.2, 0.25) is 0 Å². The van der Waals surface area contributed by atoms with Crippen LogP contribution in [-0.2, 0) is 16.0 Å². The van der Waals surface area contributed by atoms with Crippen LogP contribution in [-0.4, -0.2) is 21.8 Å². The minimum atomic E-state index is -1.33. The second-order valence-corrected chi connectivity index (χ2v) is 10.9. The second-order valence-electron chi connectivity index (χ2n) is 10.9. The zero-order valence-corrected chi connectivity index (χ0v) is 23.9. The number of aliphatic hydroxyl groups excluding tert-OH is 2. The molecule has 4 nitrogen and oxygen atoms in total. The summed E-state index contributed by atoms with van der Waals surface area (Å²) in [5.74, 6) is -1.58. The van der Waals surface area contributed by atoms with Gasteiger partial charge in [0.25, 0.3) is 0 Å². The molecule has 0 aromatic heterocycles. The molecule has 0 heterocycles. The van der Waals surface area contributed by atoms with Crippen molar-refractivity contribution < 1.29 is 19.8 Å². The van der Waals surface area contributed by atoms with Crippen LogP contribution in [0.5, 0.6) is 0 Å². The minimum Gasteiger partial charge on any atom is -0.510 e.